The summed E-state index contributed by atoms with van der Waals surface area (Å²) in [5.41, 5.74) is 2.85. The van der Waals surface area contributed by atoms with E-state index in [1.54, 1.807) is 19.2 Å². The first-order valence-corrected chi connectivity index (χ1v) is 12.0. The van der Waals surface area contributed by atoms with Gasteiger partial charge >= 0.3 is 0 Å². The third kappa shape index (κ3) is 4.53. The van der Waals surface area contributed by atoms with Crippen molar-refractivity contribution in [2.24, 2.45) is 5.92 Å². The fraction of sp³-hybridized carbons (Fsp3) is 0.476. The van der Waals surface area contributed by atoms with Crippen molar-refractivity contribution >= 4 is 21.4 Å². The van der Waals surface area contributed by atoms with E-state index >= 15 is 0 Å². The van der Waals surface area contributed by atoms with Crippen molar-refractivity contribution < 1.29 is 17.9 Å². The molecule has 0 unspecified atom stereocenters. The number of carbonyl (C=O) groups is 1. The topological polar surface area (TPSA) is 110 Å². The smallest absolute Gasteiger partial charge is 0.238 e. The zero-order chi connectivity index (χ0) is 21.4. The van der Waals surface area contributed by atoms with Crippen LogP contribution in [-0.2, 0) is 30.5 Å². The molecule has 1 aliphatic carbocycles. The maximum atomic E-state index is 11.9. The number of amides is 1. The van der Waals surface area contributed by atoms with Crippen LogP contribution in [0.2, 0.25) is 0 Å². The molecule has 1 saturated carbocycles. The average molecular weight is 431 g/mol. The van der Waals surface area contributed by atoms with Crippen molar-refractivity contribution in [3.8, 4) is 11.4 Å². The number of fused-ring (bicyclic) bond motifs is 1. The van der Waals surface area contributed by atoms with E-state index in [1.807, 2.05) is 18.2 Å². The van der Waals surface area contributed by atoms with Gasteiger partial charge in [0.2, 0.25) is 5.91 Å². The summed E-state index contributed by atoms with van der Waals surface area (Å²) in [5.74, 6) is 0.693. The molecule has 0 spiro atoms. The van der Waals surface area contributed by atoms with E-state index in [4.69, 9.17) is 9.72 Å². The van der Waals surface area contributed by atoms with E-state index < -0.39 is 9.84 Å². The summed E-state index contributed by atoms with van der Waals surface area (Å²) in [4.78, 5) is 21.1. The highest BCUT2D eigenvalue weighted by atomic mass is 32.2. The van der Waals surface area contributed by atoms with E-state index in [0.717, 1.165) is 30.7 Å². The van der Waals surface area contributed by atoms with Crippen LogP contribution in [-0.4, -0.2) is 57.4 Å². The van der Waals surface area contributed by atoms with Crippen LogP contribution in [0.15, 0.2) is 30.3 Å². The van der Waals surface area contributed by atoms with Gasteiger partial charge in [-0.25, -0.2) is 18.4 Å². The summed E-state index contributed by atoms with van der Waals surface area (Å²) in [6.45, 7) is 1.65. The maximum Gasteiger partial charge on any atom is 0.238 e. The zero-order valence-electron chi connectivity index (χ0n) is 17.1. The van der Waals surface area contributed by atoms with E-state index in [9.17, 15) is 13.2 Å². The first-order valence-electron chi connectivity index (χ1n) is 9.98. The predicted octanol–water partition coefficient (Wildman–Crippen LogP) is 1.52. The third-order valence-corrected chi connectivity index (χ3v) is 6.53. The molecule has 1 saturated heterocycles. The Labute approximate surface area is 176 Å². The fourth-order valence-corrected chi connectivity index (χ4v) is 4.80. The molecular weight excluding hydrogens is 404 g/mol. The molecule has 2 N–H and O–H groups in total. The number of rotatable bonds is 7. The lowest BCUT2D eigenvalue weighted by molar-refractivity contribution is -0.115. The van der Waals surface area contributed by atoms with Gasteiger partial charge in [0, 0.05) is 29.5 Å². The average Bonchev–Trinajstić information content (AvgIpc) is 3.43. The minimum Gasteiger partial charge on any atom is -0.381 e. The van der Waals surface area contributed by atoms with Gasteiger partial charge in [-0.15, -0.1) is 0 Å². The normalized spacial score (nSPS) is 22.9. The maximum absolute atomic E-state index is 11.9. The van der Waals surface area contributed by atoms with Crippen LogP contribution < -0.4 is 10.6 Å². The molecule has 2 atom stereocenters. The summed E-state index contributed by atoms with van der Waals surface area (Å²) >= 11 is 0. The van der Waals surface area contributed by atoms with Crippen molar-refractivity contribution in [2.75, 3.05) is 38.4 Å². The monoisotopic (exact) mass is 430 g/mol. The molecule has 30 heavy (non-hydrogen) atoms. The summed E-state index contributed by atoms with van der Waals surface area (Å²) in [6, 6.07) is 9.11. The Kier molecular flexibility index (Phi) is 5.61. The number of aromatic nitrogens is 2. The largest absolute Gasteiger partial charge is 0.381 e. The SMILES string of the molecule is CNCC(=O)Nc1ccc(-c2nc(CS(C)(=O)=O)cc([C@@]34CCOC[C@@H]3C4)n2)cc1. The number of hydrogen-bond acceptors (Lipinski definition) is 7. The highest BCUT2D eigenvalue weighted by Crippen LogP contribution is 2.58. The van der Waals surface area contributed by atoms with Gasteiger partial charge in [-0.1, -0.05) is 0 Å². The molecular formula is C21H26N4O4S. The number of carbonyl (C=O) groups excluding carboxylic acids is 1. The van der Waals surface area contributed by atoms with Crippen molar-refractivity contribution in [2.45, 2.75) is 24.0 Å². The molecule has 0 radical (unpaired) electrons. The summed E-state index contributed by atoms with van der Waals surface area (Å²) in [6.07, 6.45) is 3.12. The molecule has 4 rings (SSSR count). The first kappa shape index (κ1) is 20.9. The number of sulfone groups is 1. The number of benzene rings is 1. The lowest BCUT2D eigenvalue weighted by atomic mass is 9.93. The van der Waals surface area contributed by atoms with Crippen LogP contribution in [0.1, 0.15) is 24.2 Å². The quantitative estimate of drug-likeness (QED) is 0.685. The highest BCUT2D eigenvalue weighted by molar-refractivity contribution is 7.89. The second-order valence-electron chi connectivity index (χ2n) is 8.18. The molecule has 8 nitrogen and oxygen atoms in total. The van der Waals surface area contributed by atoms with Gasteiger partial charge in [-0.3, -0.25) is 4.79 Å². The molecule has 9 heteroatoms. The Morgan fingerprint density at radius 1 is 1.27 bits per heavy atom. The fourth-order valence-electron chi connectivity index (χ4n) is 4.12. The second-order valence-corrected chi connectivity index (χ2v) is 10.3. The van der Waals surface area contributed by atoms with Crippen LogP contribution in [0.25, 0.3) is 11.4 Å². The van der Waals surface area contributed by atoms with Gasteiger partial charge in [-0.05, 0) is 56.1 Å². The Balaban J connectivity index is 1.66. The molecule has 2 heterocycles. The summed E-state index contributed by atoms with van der Waals surface area (Å²) in [5, 5.41) is 5.61. The molecule has 2 aromatic rings. The van der Waals surface area contributed by atoms with Gasteiger partial charge in [-0.2, -0.15) is 0 Å². The van der Waals surface area contributed by atoms with Crippen LogP contribution >= 0.6 is 0 Å². The summed E-state index contributed by atoms with van der Waals surface area (Å²) in [7, 11) is -1.51. The second kappa shape index (κ2) is 8.05. The predicted molar refractivity (Wildman–Crippen MR) is 114 cm³/mol. The Bertz CT molecular complexity index is 1060. The molecule has 1 amide bonds. The first-order chi connectivity index (χ1) is 14.3. The van der Waals surface area contributed by atoms with E-state index in [2.05, 4.69) is 15.6 Å². The number of ether oxygens (including phenoxy) is 1. The van der Waals surface area contributed by atoms with Crippen molar-refractivity contribution in [1.82, 2.24) is 15.3 Å². The molecule has 2 fully saturated rings. The van der Waals surface area contributed by atoms with Gasteiger partial charge in [0.25, 0.3) is 0 Å². The minimum atomic E-state index is -3.22. The lowest BCUT2D eigenvalue weighted by Gasteiger charge is -2.22. The molecule has 1 aliphatic heterocycles. The molecule has 160 valence electrons. The van der Waals surface area contributed by atoms with Crippen LogP contribution in [0.3, 0.4) is 0 Å². The third-order valence-electron chi connectivity index (χ3n) is 5.71. The van der Waals surface area contributed by atoms with Crippen molar-refractivity contribution in [1.29, 1.82) is 0 Å². The van der Waals surface area contributed by atoms with Gasteiger partial charge in [0.15, 0.2) is 15.7 Å². The Hall–Kier alpha value is -2.36. The number of hydrogen-bond donors (Lipinski definition) is 2. The molecule has 2 aliphatic rings. The lowest BCUT2D eigenvalue weighted by Crippen LogP contribution is -2.25. The summed E-state index contributed by atoms with van der Waals surface area (Å²) < 4.78 is 29.4. The van der Waals surface area contributed by atoms with Gasteiger partial charge < -0.3 is 15.4 Å². The minimum absolute atomic E-state index is 0.0245. The van der Waals surface area contributed by atoms with Gasteiger partial charge in [0.1, 0.15) is 0 Å². The van der Waals surface area contributed by atoms with Gasteiger partial charge in [0.05, 0.1) is 30.3 Å². The number of anilines is 1. The number of nitrogens with zero attached hydrogens (tertiary/aromatic N) is 2. The van der Waals surface area contributed by atoms with Crippen LogP contribution in [0, 0.1) is 5.92 Å². The Morgan fingerprint density at radius 3 is 2.70 bits per heavy atom. The number of nitrogens with one attached hydrogen (secondary N) is 2. The molecule has 1 aromatic carbocycles. The van der Waals surface area contributed by atoms with Crippen molar-refractivity contribution in [3.05, 3.63) is 41.7 Å². The van der Waals surface area contributed by atoms with Crippen LogP contribution in [0.4, 0.5) is 5.69 Å². The standard InChI is InChI=1S/C21H26N4O4S/c1-22-11-19(26)23-16-5-3-14(4-6-16)20-24-17(13-30(2,27)28)9-18(25-20)21-7-8-29-12-15(21)10-21/h3-6,9,15,22H,7-8,10-13H2,1-2H3,(H,23,26)/t15-,21+/m0/s1. The van der Waals surface area contributed by atoms with Crippen molar-refractivity contribution in [3.63, 3.8) is 0 Å². The van der Waals surface area contributed by atoms with E-state index in [-0.39, 0.29) is 23.6 Å². The van der Waals surface area contributed by atoms with Crippen LogP contribution in [0.5, 0.6) is 0 Å². The number of likely N-dealkylation sites (N-methyl/N-ethyl adjacent to an activating group) is 1. The molecule has 1 aromatic heterocycles. The van der Waals surface area contributed by atoms with E-state index in [1.165, 1.54) is 6.26 Å². The highest BCUT2D eigenvalue weighted by Gasteiger charge is 2.57. The zero-order valence-corrected chi connectivity index (χ0v) is 18.0. The molecule has 0 bridgehead atoms. The van der Waals surface area contributed by atoms with E-state index in [0.29, 0.717) is 29.7 Å². The Morgan fingerprint density at radius 2 is 2.03 bits per heavy atom.